The van der Waals surface area contributed by atoms with E-state index >= 15 is 0 Å². The molecule has 2 aromatic carbocycles. The molecule has 0 aliphatic heterocycles. The Morgan fingerprint density at radius 3 is 2.19 bits per heavy atom. The molecule has 3 N–H and O–H groups in total. The van der Waals surface area contributed by atoms with Crippen molar-refractivity contribution in [1.29, 1.82) is 0 Å². The molecule has 0 saturated heterocycles. The van der Waals surface area contributed by atoms with Crippen molar-refractivity contribution in [2.24, 2.45) is 5.16 Å². The number of carbonyl (C=O) groups is 1. The van der Waals surface area contributed by atoms with E-state index in [1.54, 1.807) is 0 Å². The van der Waals surface area contributed by atoms with Crippen LogP contribution in [-0.4, -0.2) is 21.9 Å². The number of hydrogen-bond donors (Lipinski definition) is 3. The van der Waals surface area contributed by atoms with E-state index in [1.807, 2.05) is 0 Å². The van der Waals surface area contributed by atoms with Gasteiger partial charge >= 0.3 is 0 Å². The highest BCUT2D eigenvalue weighted by Gasteiger charge is 2.14. The van der Waals surface area contributed by atoms with Crippen LogP contribution in [0.25, 0.3) is 0 Å². The first kappa shape index (κ1) is 19.8. The van der Waals surface area contributed by atoms with E-state index in [0.29, 0.717) is 10.7 Å². The van der Waals surface area contributed by atoms with Crippen LogP contribution in [0.15, 0.2) is 41.6 Å². The maximum Gasteiger partial charge on any atom is 0.269 e. The molecule has 0 heterocycles. The Balaban J connectivity index is 2.04. The summed E-state index contributed by atoms with van der Waals surface area (Å²) in [5, 5.41) is 28.5. The Labute approximate surface area is 162 Å². The molecular weight excluding hydrogens is 407 g/mol. The fourth-order valence-electron chi connectivity index (χ4n) is 1.93. The highest BCUT2D eigenvalue weighted by molar-refractivity contribution is 6.42. The second-order valence-electron chi connectivity index (χ2n) is 4.95. The zero-order valence-electron chi connectivity index (χ0n) is 12.9. The maximum atomic E-state index is 12.1. The lowest BCUT2D eigenvalue weighted by Gasteiger charge is -2.11. The summed E-state index contributed by atoms with van der Waals surface area (Å²) < 4.78 is 0. The number of halogens is 3. The molecular formula is C15H11Cl3N4O4. The number of anilines is 2. The smallest absolute Gasteiger partial charge is 0.269 e. The first-order valence-electron chi connectivity index (χ1n) is 6.97. The normalized spacial score (nSPS) is 11.1. The number of non-ortho nitro benzene ring substituents is 1. The SMILES string of the molecule is O=C(C/C(=N/O)Nc1ccc([N+](=O)[O-])cc1)Nc1c(Cl)cc(Cl)cc1Cl. The molecule has 136 valence electrons. The van der Waals surface area contributed by atoms with Gasteiger partial charge < -0.3 is 15.8 Å². The Hall–Kier alpha value is -2.55. The van der Waals surface area contributed by atoms with Crippen molar-refractivity contribution in [2.75, 3.05) is 10.6 Å². The van der Waals surface area contributed by atoms with Crippen molar-refractivity contribution in [1.82, 2.24) is 0 Å². The average Bonchev–Trinajstić information content (AvgIpc) is 2.58. The lowest BCUT2D eigenvalue weighted by atomic mass is 10.2. The third kappa shape index (κ3) is 5.22. The molecule has 1 amide bonds. The second kappa shape index (κ2) is 8.70. The van der Waals surface area contributed by atoms with Crippen molar-refractivity contribution in [2.45, 2.75) is 6.42 Å². The lowest BCUT2D eigenvalue weighted by Crippen LogP contribution is -2.22. The summed E-state index contributed by atoms with van der Waals surface area (Å²) in [5.41, 5.74) is 0.483. The van der Waals surface area contributed by atoms with E-state index in [2.05, 4.69) is 15.8 Å². The number of amidine groups is 1. The van der Waals surface area contributed by atoms with Gasteiger partial charge in [0.15, 0.2) is 5.84 Å². The minimum absolute atomic E-state index is 0.0856. The zero-order valence-corrected chi connectivity index (χ0v) is 15.1. The molecule has 0 fully saturated rings. The minimum atomic E-state index is -0.557. The molecule has 8 nitrogen and oxygen atoms in total. The van der Waals surface area contributed by atoms with Crippen molar-refractivity contribution in [3.63, 3.8) is 0 Å². The Bertz CT molecular complexity index is 849. The van der Waals surface area contributed by atoms with Gasteiger partial charge in [0.2, 0.25) is 5.91 Å². The van der Waals surface area contributed by atoms with Crippen molar-refractivity contribution in [3.05, 3.63) is 61.6 Å². The number of amides is 1. The number of oxime groups is 1. The fourth-order valence-corrected chi connectivity index (χ4v) is 2.85. The molecule has 0 bridgehead atoms. The molecule has 0 atom stereocenters. The van der Waals surface area contributed by atoms with Gasteiger partial charge in [-0.2, -0.15) is 0 Å². The van der Waals surface area contributed by atoms with E-state index in [0.717, 1.165) is 0 Å². The van der Waals surface area contributed by atoms with E-state index < -0.39 is 10.8 Å². The topological polar surface area (TPSA) is 117 Å². The summed E-state index contributed by atoms with van der Waals surface area (Å²) in [4.78, 5) is 22.2. The first-order chi connectivity index (χ1) is 12.3. The van der Waals surface area contributed by atoms with E-state index in [1.165, 1.54) is 36.4 Å². The lowest BCUT2D eigenvalue weighted by molar-refractivity contribution is -0.384. The molecule has 0 spiro atoms. The predicted molar refractivity (Wildman–Crippen MR) is 101 cm³/mol. The standard InChI is InChI=1S/C15H11Cl3N4O4/c16-8-5-11(17)15(12(18)6-8)20-14(23)7-13(21-24)19-9-1-3-10(4-2-9)22(25)26/h1-6,24H,7H2,(H,19,21)(H,20,23). The summed E-state index contributed by atoms with van der Waals surface area (Å²) in [6.45, 7) is 0. The van der Waals surface area contributed by atoms with Gasteiger partial charge in [-0.15, -0.1) is 0 Å². The second-order valence-corrected chi connectivity index (χ2v) is 6.20. The molecule has 0 saturated carbocycles. The first-order valence-corrected chi connectivity index (χ1v) is 8.10. The van der Waals surface area contributed by atoms with Crippen LogP contribution in [0, 0.1) is 10.1 Å². The molecule has 2 aromatic rings. The van der Waals surface area contributed by atoms with Crippen LogP contribution in [0.2, 0.25) is 15.1 Å². The van der Waals surface area contributed by atoms with Gasteiger partial charge in [-0.3, -0.25) is 14.9 Å². The van der Waals surface area contributed by atoms with Crippen LogP contribution in [0.1, 0.15) is 6.42 Å². The van der Waals surface area contributed by atoms with Gasteiger partial charge in [-0.1, -0.05) is 40.0 Å². The summed E-state index contributed by atoms with van der Waals surface area (Å²) >= 11 is 17.8. The Morgan fingerprint density at radius 1 is 1.12 bits per heavy atom. The summed E-state index contributed by atoms with van der Waals surface area (Å²) in [6, 6.07) is 8.19. The summed E-state index contributed by atoms with van der Waals surface area (Å²) in [6.07, 6.45) is -0.331. The summed E-state index contributed by atoms with van der Waals surface area (Å²) in [7, 11) is 0. The van der Waals surface area contributed by atoms with Gasteiger partial charge in [-0.05, 0) is 24.3 Å². The maximum absolute atomic E-state index is 12.1. The number of nitrogens with one attached hydrogen (secondary N) is 2. The average molecular weight is 418 g/mol. The number of rotatable bonds is 5. The van der Waals surface area contributed by atoms with Gasteiger partial charge in [0.05, 0.1) is 27.1 Å². The minimum Gasteiger partial charge on any atom is -0.409 e. The van der Waals surface area contributed by atoms with Crippen molar-refractivity contribution < 1.29 is 14.9 Å². The largest absolute Gasteiger partial charge is 0.409 e. The van der Waals surface area contributed by atoms with Crippen LogP contribution in [0.4, 0.5) is 17.1 Å². The van der Waals surface area contributed by atoms with Gasteiger partial charge in [0.1, 0.15) is 0 Å². The highest BCUT2D eigenvalue weighted by atomic mass is 35.5. The number of nitro groups is 1. The molecule has 0 unspecified atom stereocenters. The van der Waals surface area contributed by atoms with Gasteiger partial charge in [-0.25, -0.2) is 0 Å². The van der Waals surface area contributed by atoms with Gasteiger partial charge in [0, 0.05) is 22.8 Å². The molecule has 0 aliphatic rings. The van der Waals surface area contributed by atoms with Crippen LogP contribution >= 0.6 is 34.8 Å². The fraction of sp³-hybridized carbons (Fsp3) is 0.0667. The Morgan fingerprint density at radius 2 is 1.69 bits per heavy atom. The van der Waals surface area contributed by atoms with Crippen LogP contribution in [0.5, 0.6) is 0 Å². The molecule has 26 heavy (non-hydrogen) atoms. The molecule has 2 rings (SSSR count). The number of nitrogens with zero attached hydrogens (tertiary/aromatic N) is 2. The van der Waals surface area contributed by atoms with E-state index in [4.69, 9.17) is 40.0 Å². The highest BCUT2D eigenvalue weighted by Crippen LogP contribution is 2.33. The predicted octanol–water partition coefficient (Wildman–Crippen LogP) is 4.78. The van der Waals surface area contributed by atoms with E-state index in [9.17, 15) is 14.9 Å². The van der Waals surface area contributed by atoms with Crippen molar-refractivity contribution in [3.8, 4) is 0 Å². The number of hydrogen-bond acceptors (Lipinski definition) is 5. The molecule has 0 aliphatic carbocycles. The van der Waals surface area contributed by atoms with Crippen LogP contribution in [0.3, 0.4) is 0 Å². The third-order valence-electron chi connectivity index (χ3n) is 3.09. The number of benzene rings is 2. The van der Waals surface area contributed by atoms with Crippen LogP contribution in [-0.2, 0) is 4.79 Å². The Kier molecular flexibility index (Phi) is 6.62. The summed E-state index contributed by atoms with van der Waals surface area (Å²) in [5.74, 6) is -0.643. The van der Waals surface area contributed by atoms with E-state index in [-0.39, 0.29) is 33.7 Å². The quantitative estimate of drug-likeness (QED) is 0.213. The van der Waals surface area contributed by atoms with Crippen molar-refractivity contribution >= 4 is 63.6 Å². The van der Waals surface area contributed by atoms with Gasteiger partial charge in [0.25, 0.3) is 5.69 Å². The monoisotopic (exact) mass is 416 g/mol. The number of nitro benzene ring substituents is 1. The third-order valence-corrected chi connectivity index (χ3v) is 3.90. The number of carbonyl (C=O) groups excluding carboxylic acids is 1. The van der Waals surface area contributed by atoms with Crippen LogP contribution < -0.4 is 10.6 Å². The molecule has 11 heteroatoms. The zero-order chi connectivity index (χ0) is 19.3. The molecule has 0 aromatic heterocycles. The molecule has 0 radical (unpaired) electrons.